The second-order valence-corrected chi connectivity index (χ2v) is 8.21. The van der Waals surface area contributed by atoms with Gasteiger partial charge in [-0.15, -0.1) is 0 Å². The minimum Gasteiger partial charge on any atom is -0.493 e. The lowest BCUT2D eigenvalue weighted by Gasteiger charge is -2.22. The normalized spacial score (nSPS) is 13.0. The summed E-state index contributed by atoms with van der Waals surface area (Å²) in [4.78, 5) is 16.2. The highest BCUT2D eigenvalue weighted by atomic mass is 79.9. The molecule has 1 atom stereocenters. The summed E-state index contributed by atoms with van der Waals surface area (Å²) < 4.78 is 12.2. The summed E-state index contributed by atoms with van der Waals surface area (Å²) in [6.07, 6.45) is 1.53. The SMILES string of the molecule is CC[C@@H](Br)C(=O)Nc1nc2ccc(OCCC(C)(C)OC)cc2s1. The van der Waals surface area contributed by atoms with Crippen LogP contribution in [0.5, 0.6) is 5.75 Å². The van der Waals surface area contributed by atoms with Crippen LogP contribution in [0.3, 0.4) is 0 Å². The van der Waals surface area contributed by atoms with Crippen LogP contribution < -0.4 is 10.1 Å². The second-order valence-electron chi connectivity index (χ2n) is 6.08. The number of aromatic nitrogens is 1. The van der Waals surface area contributed by atoms with E-state index in [2.05, 4.69) is 26.2 Å². The highest BCUT2D eigenvalue weighted by molar-refractivity contribution is 9.10. The number of hydrogen-bond acceptors (Lipinski definition) is 5. The Hall–Kier alpha value is -1.18. The minimum atomic E-state index is -0.201. The Morgan fingerprint density at radius 3 is 2.88 bits per heavy atom. The van der Waals surface area contributed by atoms with Gasteiger partial charge in [0, 0.05) is 13.5 Å². The molecule has 5 nitrogen and oxygen atoms in total. The maximum absolute atomic E-state index is 11.9. The van der Waals surface area contributed by atoms with Gasteiger partial charge in [-0.25, -0.2) is 4.98 Å². The van der Waals surface area contributed by atoms with Gasteiger partial charge in [0.25, 0.3) is 0 Å². The summed E-state index contributed by atoms with van der Waals surface area (Å²) in [6.45, 7) is 6.60. The van der Waals surface area contributed by atoms with Crippen LogP contribution in [0.4, 0.5) is 5.13 Å². The molecule has 1 N–H and O–H groups in total. The van der Waals surface area contributed by atoms with Crippen molar-refractivity contribution in [1.29, 1.82) is 0 Å². The molecule has 1 aromatic carbocycles. The van der Waals surface area contributed by atoms with Crippen molar-refractivity contribution in [3.05, 3.63) is 18.2 Å². The molecule has 1 heterocycles. The van der Waals surface area contributed by atoms with Gasteiger partial charge in [-0.3, -0.25) is 4.79 Å². The molecule has 0 aliphatic heterocycles. The van der Waals surface area contributed by atoms with Crippen molar-refractivity contribution in [3.63, 3.8) is 0 Å². The van der Waals surface area contributed by atoms with E-state index in [0.29, 0.717) is 11.7 Å². The molecule has 0 aliphatic carbocycles. The van der Waals surface area contributed by atoms with Gasteiger partial charge < -0.3 is 14.8 Å². The Balaban J connectivity index is 2.02. The number of carbonyl (C=O) groups excluding carboxylic acids is 1. The zero-order valence-corrected chi connectivity index (χ0v) is 16.8. The van der Waals surface area contributed by atoms with Gasteiger partial charge in [-0.1, -0.05) is 34.2 Å². The number of ether oxygens (including phenoxy) is 2. The Labute approximate surface area is 154 Å². The van der Waals surface area contributed by atoms with E-state index in [1.54, 1.807) is 7.11 Å². The average Bonchev–Trinajstić information content (AvgIpc) is 2.95. The van der Waals surface area contributed by atoms with Crippen molar-refractivity contribution >= 4 is 48.5 Å². The lowest BCUT2D eigenvalue weighted by molar-refractivity contribution is -0.115. The van der Waals surface area contributed by atoms with Crippen LogP contribution in [-0.4, -0.2) is 35.0 Å². The number of alkyl halides is 1. The third-order valence-electron chi connectivity index (χ3n) is 3.76. The molecule has 0 radical (unpaired) electrons. The van der Waals surface area contributed by atoms with Crippen LogP contribution in [0.15, 0.2) is 18.2 Å². The first-order valence-corrected chi connectivity index (χ1v) is 9.61. The molecule has 0 unspecified atom stereocenters. The van der Waals surface area contributed by atoms with E-state index in [1.807, 2.05) is 39.0 Å². The molecule has 0 bridgehead atoms. The largest absolute Gasteiger partial charge is 0.493 e. The molecule has 0 saturated heterocycles. The topological polar surface area (TPSA) is 60.5 Å². The molecule has 1 amide bonds. The third kappa shape index (κ3) is 5.16. The first-order chi connectivity index (χ1) is 11.3. The molecule has 1 aromatic heterocycles. The van der Waals surface area contributed by atoms with Gasteiger partial charge in [-0.05, 0) is 38.5 Å². The number of amides is 1. The van der Waals surface area contributed by atoms with Crippen LogP contribution in [0.25, 0.3) is 10.2 Å². The monoisotopic (exact) mass is 414 g/mol. The van der Waals surface area contributed by atoms with E-state index in [1.165, 1.54) is 11.3 Å². The maximum atomic E-state index is 11.9. The van der Waals surface area contributed by atoms with E-state index >= 15 is 0 Å². The number of thiazole rings is 1. The zero-order valence-electron chi connectivity index (χ0n) is 14.4. The van der Waals surface area contributed by atoms with E-state index in [-0.39, 0.29) is 16.3 Å². The molecule has 0 aliphatic rings. The molecule has 2 rings (SSSR count). The summed E-state index contributed by atoms with van der Waals surface area (Å²) in [6, 6.07) is 5.75. The predicted octanol–water partition coefficient (Wildman–Crippen LogP) is 4.60. The quantitative estimate of drug-likeness (QED) is 0.640. The van der Waals surface area contributed by atoms with Gasteiger partial charge >= 0.3 is 0 Å². The van der Waals surface area contributed by atoms with Gasteiger partial charge in [0.2, 0.25) is 5.91 Å². The molecular formula is C17H23BrN2O3S. The first-order valence-electron chi connectivity index (χ1n) is 7.88. The van der Waals surface area contributed by atoms with Crippen molar-refractivity contribution in [2.24, 2.45) is 0 Å². The molecular weight excluding hydrogens is 392 g/mol. The van der Waals surface area contributed by atoms with Crippen LogP contribution in [0.1, 0.15) is 33.6 Å². The molecule has 132 valence electrons. The van der Waals surface area contributed by atoms with E-state index in [4.69, 9.17) is 9.47 Å². The van der Waals surface area contributed by atoms with Crippen molar-refractivity contribution in [3.8, 4) is 5.75 Å². The number of fused-ring (bicyclic) bond motifs is 1. The predicted molar refractivity (Wildman–Crippen MR) is 102 cm³/mol. The number of nitrogens with one attached hydrogen (secondary N) is 1. The molecule has 24 heavy (non-hydrogen) atoms. The molecule has 0 saturated carbocycles. The summed E-state index contributed by atoms with van der Waals surface area (Å²) in [5.74, 6) is 0.720. The number of anilines is 1. The van der Waals surface area contributed by atoms with Gasteiger partial charge in [0.15, 0.2) is 5.13 Å². The first kappa shape index (κ1) is 19.1. The maximum Gasteiger partial charge on any atom is 0.239 e. The summed E-state index contributed by atoms with van der Waals surface area (Å²) in [5.41, 5.74) is 0.653. The summed E-state index contributed by atoms with van der Waals surface area (Å²) >= 11 is 4.78. The Morgan fingerprint density at radius 2 is 2.21 bits per heavy atom. The minimum absolute atomic E-state index is 0.0742. The van der Waals surface area contributed by atoms with Crippen LogP contribution in [-0.2, 0) is 9.53 Å². The fourth-order valence-electron chi connectivity index (χ4n) is 1.93. The van der Waals surface area contributed by atoms with Crippen molar-refractivity contribution in [2.75, 3.05) is 19.0 Å². The second kappa shape index (κ2) is 8.27. The van der Waals surface area contributed by atoms with Crippen molar-refractivity contribution in [2.45, 2.75) is 44.0 Å². The Kier molecular flexibility index (Phi) is 6.60. The van der Waals surface area contributed by atoms with Crippen LogP contribution >= 0.6 is 27.3 Å². The number of halogens is 1. The summed E-state index contributed by atoms with van der Waals surface area (Å²) in [5, 5.41) is 3.44. The summed E-state index contributed by atoms with van der Waals surface area (Å²) in [7, 11) is 1.70. The van der Waals surface area contributed by atoms with Gasteiger partial charge in [0.05, 0.1) is 27.3 Å². The molecule has 0 fully saturated rings. The molecule has 0 spiro atoms. The number of benzene rings is 1. The average molecular weight is 415 g/mol. The van der Waals surface area contributed by atoms with Crippen molar-refractivity contribution in [1.82, 2.24) is 4.98 Å². The zero-order chi connectivity index (χ0) is 17.7. The van der Waals surface area contributed by atoms with Crippen LogP contribution in [0.2, 0.25) is 0 Å². The number of methoxy groups -OCH3 is 1. The fraction of sp³-hybridized carbons (Fsp3) is 0.529. The van der Waals surface area contributed by atoms with Gasteiger partial charge in [0.1, 0.15) is 5.75 Å². The van der Waals surface area contributed by atoms with E-state index in [9.17, 15) is 4.79 Å². The number of hydrogen-bond donors (Lipinski definition) is 1. The Bertz CT molecular complexity index is 702. The fourth-order valence-corrected chi connectivity index (χ4v) is 2.95. The highest BCUT2D eigenvalue weighted by Crippen LogP contribution is 2.30. The lowest BCUT2D eigenvalue weighted by Crippen LogP contribution is -2.25. The van der Waals surface area contributed by atoms with Crippen LogP contribution in [0, 0.1) is 0 Å². The van der Waals surface area contributed by atoms with E-state index in [0.717, 1.165) is 28.8 Å². The molecule has 7 heteroatoms. The Morgan fingerprint density at radius 1 is 1.46 bits per heavy atom. The van der Waals surface area contributed by atoms with Crippen molar-refractivity contribution < 1.29 is 14.3 Å². The smallest absolute Gasteiger partial charge is 0.239 e. The van der Waals surface area contributed by atoms with Gasteiger partial charge in [-0.2, -0.15) is 0 Å². The molecule has 2 aromatic rings. The lowest BCUT2D eigenvalue weighted by atomic mass is 10.1. The highest BCUT2D eigenvalue weighted by Gasteiger charge is 2.17. The number of nitrogens with zero attached hydrogens (tertiary/aromatic N) is 1. The number of carbonyl (C=O) groups is 1. The third-order valence-corrected chi connectivity index (χ3v) is 5.76. The standard InChI is InChI=1S/C17H23BrN2O3S/c1-5-12(18)15(21)20-16-19-13-7-6-11(10-14(13)24-16)23-9-8-17(2,3)22-4/h6-7,10,12H,5,8-9H2,1-4H3,(H,19,20,21)/t12-/m1/s1. The number of rotatable bonds is 8. The van der Waals surface area contributed by atoms with E-state index < -0.39 is 0 Å².